The maximum absolute atomic E-state index is 12.3. The molecule has 0 saturated heterocycles. The molecule has 0 aliphatic rings. The zero-order valence-corrected chi connectivity index (χ0v) is 11.4. The number of carbonyl (C=O) groups excluding carboxylic acids is 1. The second kappa shape index (κ2) is 7.56. The molecule has 0 atom stereocenters. The van der Waals surface area contributed by atoms with Crippen molar-refractivity contribution < 1.29 is 32.3 Å². The van der Waals surface area contributed by atoms with Crippen molar-refractivity contribution in [3.63, 3.8) is 0 Å². The van der Waals surface area contributed by atoms with Gasteiger partial charge in [-0.1, -0.05) is 0 Å². The molecule has 0 radical (unpaired) electrons. The van der Waals surface area contributed by atoms with Crippen LogP contribution in [0.25, 0.3) is 0 Å². The molecular weight excluding hydrogens is 328 g/mol. The van der Waals surface area contributed by atoms with Gasteiger partial charge < -0.3 is 5.11 Å². The lowest BCUT2D eigenvalue weighted by Crippen LogP contribution is -1.97. The van der Waals surface area contributed by atoms with Crippen LogP contribution in [0.5, 0.6) is 0 Å². The zero-order valence-electron chi connectivity index (χ0n) is 10.6. The van der Waals surface area contributed by atoms with Gasteiger partial charge in [0, 0.05) is 17.7 Å². The molecule has 0 fully saturated rings. The lowest BCUT2D eigenvalue weighted by Gasteiger charge is -1.93. The van der Waals surface area contributed by atoms with Crippen LogP contribution in [0, 0.1) is 23.3 Å². The summed E-state index contributed by atoms with van der Waals surface area (Å²) in [7, 11) is 0. The maximum atomic E-state index is 12.3. The fourth-order valence-electron chi connectivity index (χ4n) is 1.34. The van der Waals surface area contributed by atoms with Gasteiger partial charge in [0.05, 0.1) is 5.56 Å². The number of benzene rings is 2. The van der Waals surface area contributed by atoms with Gasteiger partial charge in [0.2, 0.25) is 0 Å². The molecule has 116 valence electrons. The molecular formula is C14H7ClF4O3. The Morgan fingerprint density at radius 1 is 0.727 bits per heavy atom. The van der Waals surface area contributed by atoms with Crippen molar-refractivity contribution >= 4 is 22.8 Å². The summed E-state index contributed by atoms with van der Waals surface area (Å²) in [6.07, 6.45) is 0. The lowest BCUT2D eigenvalue weighted by molar-refractivity contribution is 0.0695. The first-order valence-electron chi connectivity index (χ1n) is 5.54. The fraction of sp³-hybridized carbons (Fsp3) is 0. The van der Waals surface area contributed by atoms with E-state index < -0.39 is 34.5 Å². The van der Waals surface area contributed by atoms with Crippen LogP contribution < -0.4 is 0 Å². The molecule has 2 aromatic rings. The Morgan fingerprint density at radius 3 is 1.32 bits per heavy atom. The van der Waals surface area contributed by atoms with Crippen molar-refractivity contribution in [1.29, 1.82) is 0 Å². The minimum atomic E-state index is -1.34. The van der Waals surface area contributed by atoms with Gasteiger partial charge in [-0.15, -0.1) is 0 Å². The summed E-state index contributed by atoms with van der Waals surface area (Å²) in [5.74, 6) is -4.74. The Morgan fingerprint density at radius 2 is 1.05 bits per heavy atom. The van der Waals surface area contributed by atoms with Crippen LogP contribution in [-0.4, -0.2) is 16.3 Å². The van der Waals surface area contributed by atoms with E-state index in [0.717, 1.165) is 24.3 Å². The third-order valence-electron chi connectivity index (χ3n) is 2.20. The summed E-state index contributed by atoms with van der Waals surface area (Å²) in [6.45, 7) is 0. The summed E-state index contributed by atoms with van der Waals surface area (Å²) in [6, 6.07) is 4.55. The predicted molar refractivity (Wildman–Crippen MR) is 69.9 cm³/mol. The van der Waals surface area contributed by atoms with Crippen molar-refractivity contribution in [3.8, 4) is 0 Å². The van der Waals surface area contributed by atoms with Gasteiger partial charge >= 0.3 is 5.97 Å². The topological polar surface area (TPSA) is 54.4 Å². The molecule has 22 heavy (non-hydrogen) atoms. The van der Waals surface area contributed by atoms with Crippen molar-refractivity contribution in [2.24, 2.45) is 0 Å². The number of rotatable bonds is 2. The van der Waals surface area contributed by atoms with Crippen LogP contribution in [-0.2, 0) is 0 Å². The van der Waals surface area contributed by atoms with Crippen LogP contribution in [0.1, 0.15) is 20.7 Å². The van der Waals surface area contributed by atoms with E-state index in [-0.39, 0.29) is 11.1 Å². The van der Waals surface area contributed by atoms with Gasteiger partial charge in [-0.3, -0.25) is 4.79 Å². The van der Waals surface area contributed by atoms with Crippen molar-refractivity contribution in [1.82, 2.24) is 0 Å². The molecule has 0 bridgehead atoms. The van der Waals surface area contributed by atoms with Crippen molar-refractivity contribution in [2.75, 3.05) is 0 Å². The number of carboxylic acid groups (broad SMARTS) is 1. The number of aromatic carboxylic acids is 1. The molecule has 2 aromatic carbocycles. The van der Waals surface area contributed by atoms with Gasteiger partial charge in [0.25, 0.3) is 5.24 Å². The van der Waals surface area contributed by atoms with Crippen molar-refractivity contribution in [2.45, 2.75) is 0 Å². The highest BCUT2D eigenvalue weighted by Crippen LogP contribution is 2.09. The molecule has 0 heterocycles. The van der Waals surface area contributed by atoms with E-state index in [9.17, 15) is 27.2 Å². The molecule has 1 N–H and O–H groups in total. The minimum absolute atomic E-state index is 0.177. The minimum Gasteiger partial charge on any atom is -0.478 e. The van der Waals surface area contributed by atoms with Crippen LogP contribution in [0.2, 0.25) is 0 Å². The Bertz CT molecular complexity index is 617. The monoisotopic (exact) mass is 334 g/mol. The van der Waals surface area contributed by atoms with E-state index in [4.69, 9.17) is 16.7 Å². The van der Waals surface area contributed by atoms with Crippen LogP contribution in [0.15, 0.2) is 36.4 Å². The Kier molecular flexibility index (Phi) is 6.06. The molecule has 3 nitrogen and oxygen atoms in total. The molecule has 0 aliphatic carbocycles. The lowest BCUT2D eigenvalue weighted by atomic mass is 10.2. The van der Waals surface area contributed by atoms with Crippen LogP contribution in [0.4, 0.5) is 17.6 Å². The smallest absolute Gasteiger partial charge is 0.335 e. The molecule has 0 amide bonds. The third-order valence-corrected chi connectivity index (χ3v) is 2.42. The molecule has 8 heteroatoms. The highest BCUT2D eigenvalue weighted by atomic mass is 35.5. The normalized spacial score (nSPS) is 9.68. The Labute approximate surface area is 126 Å². The van der Waals surface area contributed by atoms with E-state index >= 15 is 0 Å². The average Bonchev–Trinajstić information content (AvgIpc) is 2.37. The summed E-state index contributed by atoms with van der Waals surface area (Å²) in [5, 5.41) is 7.43. The van der Waals surface area contributed by atoms with Crippen LogP contribution in [0.3, 0.4) is 0 Å². The summed E-state index contributed by atoms with van der Waals surface area (Å²) < 4.78 is 49.2. The van der Waals surface area contributed by atoms with E-state index in [1.54, 1.807) is 0 Å². The van der Waals surface area contributed by atoms with Gasteiger partial charge in [-0.2, -0.15) is 0 Å². The van der Waals surface area contributed by atoms with Gasteiger partial charge in [0.15, 0.2) is 0 Å². The first-order valence-corrected chi connectivity index (χ1v) is 5.92. The van der Waals surface area contributed by atoms with Gasteiger partial charge in [0.1, 0.15) is 23.3 Å². The largest absolute Gasteiger partial charge is 0.478 e. The number of halogens is 5. The molecule has 0 aliphatic heterocycles. The second-order valence-corrected chi connectivity index (χ2v) is 4.24. The first-order chi connectivity index (χ1) is 10.2. The maximum Gasteiger partial charge on any atom is 0.335 e. The molecule has 2 rings (SSSR count). The predicted octanol–water partition coefficient (Wildman–Crippen LogP) is 4.01. The SMILES string of the molecule is O=C(Cl)c1cc(F)cc(F)c1.O=C(O)c1cc(F)cc(F)c1. The fourth-order valence-corrected chi connectivity index (χ4v) is 1.45. The number of hydrogen-bond acceptors (Lipinski definition) is 2. The first kappa shape index (κ1) is 17.6. The van der Waals surface area contributed by atoms with E-state index in [1.807, 2.05) is 0 Å². The van der Waals surface area contributed by atoms with E-state index in [2.05, 4.69) is 0 Å². The van der Waals surface area contributed by atoms with E-state index in [1.165, 1.54) is 0 Å². The average molecular weight is 335 g/mol. The van der Waals surface area contributed by atoms with Gasteiger partial charge in [-0.05, 0) is 35.9 Å². The molecule has 0 unspecified atom stereocenters. The quantitative estimate of drug-likeness (QED) is 0.667. The molecule has 0 spiro atoms. The summed E-state index contributed by atoms with van der Waals surface area (Å²) in [4.78, 5) is 20.6. The summed E-state index contributed by atoms with van der Waals surface area (Å²) >= 11 is 4.97. The highest BCUT2D eigenvalue weighted by Gasteiger charge is 2.06. The number of carboxylic acids is 1. The van der Waals surface area contributed by atoms with Gasteiger partial charge in [-0.25, -0.2) is 22.4 Å². The number of carbonyl (C=O) groups is 2. The number of hydrogen-bond donors (Lipinski definition) is 1. The third kappa shape index (κ3) is 5.53. The molecule has 0 saturated carbocycles. The standard InChI is InChI=1S/C7H3ClF2O.C7H4F2O2/c8-7(11)4-1-5(9)3-6(10)2-4;8-5-1-4(7(10)11)2-6(9)3-5/h1-3H;1-3H,(H,10,11). The summed E-state index contributed by atoms with van der Waals surface area (Å²) in [5.41, 5.74) is -0.563. The second-order valence-electron chi connectivity index (χ2n) is 3.90. The molecule has 0 aromatic heterocycles. The van der Waals surface area contributed by atoms with Crippen LogP contribution >= 0.6 is 11.6 Å². The zero-order chi connectivity index (χ0) is 16.9. The Balaban J connectivity index is 0.000000220. The Hall–Kier alpha value is -2.41. The van der Waals surface area contributed by atoms with E-state index in [0.29, 0.717) is 12.1 Å². The van der Waals surface area contributed by atoms with Crippen molar-refractivity contribution in [3.05, 3.63) is 70.8 Å². The highest BCUT2D eigenvalue weighted by molar-refractivity contribution is 6.67.